The van der Waals surface area contributed by atoms with Crippen LogP contribution in [0.1, 0.15) is 32.9 Å². The molecule has 1 aliphatic heterocycles. The Kier molecular flexibility index (Phi) is 6.98. The van der Waals surface area contributed by atoms with E-state index in [2.05, 4.69) is 51.7 Å². The molecule has 0 bridgehead atoms. The van der Waals surface area contributed by atoms with Crippen LogP contribution in [0.3, 0.4) is 0 Å². The van der Waals surface area contributed by atoms with Crippen LogP contribution in [0.5, 0.6) is 0 Å². The number of hydrogen-bond acceptors (Lipinski definition) is 6. The second kappa shape index (κ2) is 10.4. The monoisotopic (exact) mass is 517 g/mol. The largest absolute Gasteiger partial charge is 0.334 e. The molecule has 1 aromatic carbocycles. The average molecular weight is 518 g/mol. The van der Waals surface area contributed by atoms with Crippen molar-refractivity contribution >= 4 is 23.1 Å². The van der Waals surface area contributed by atoms with Gasteiger partial charge in [-0.3, -0.25) is 19.2 Å². The van der Waals surface area contributed by atoms with Crippen molar-refractivity contribution in [1.29, 1.82) is 0 Å². The molecule has 3 aromatic rings. The van der Waals surface area contributed by atoms with Gasteiger partial charge in [-0.15, -0.1) is 0 Å². The summed E-state index contributed by atoms with van der Waals surface area (Å²) in [5, 5.41) is 17.0. The van der Waals surface area contributed by atoms with Crippen molar-refractivity contribution in [3.05, 3.63) is 75.5 Å². The van der Waals surface area contributed by atoms with Gasteiger partial charge < -0.3 is 10.6 Å². The van der Waals surface area contributed by atoms with E-state index >= 15 is 0 Å². The fourth-order valence-electron chi connectivity index (χ4n) is 4.84. The van der Waals surface area contributed by atoms with Crippen LogP contribution in [0.2, 0.25) is 0 Å². The highest BCUT2D eigenvalue weighted by molar-refractivity contribution is 6.04. The van der Waals surface area contributed by atoms with Crippen molar-refractivity contribution in [2.45, 2.75) is 40.3 Å². The number of likely N-dealkylation sites (N-methyl/N-ethyl adjacent to an activating group) is 1. The van der Waals surface area contributed by atoms with E-state index in [1.807, 2.05) is 29.8 Å². The lowest BCUT2D eigenvalue weighted by molar-refractivity contribution is -0.113. The molecule has 5 rings (SSSR count). The Bertz CT molecular complexity index is 1500. The lowest BCUT2D eigenvalue weighted by Crippen LogP contribution is -2.30. The molecule has 3 N–H and O–H groups in total. The number of rotatable bonds is 6. The van der Waals surface area contributed by atoms with Gasteiger partial charge in [0, 0.05) is 30.3 Å². The Hall–Kier alpha value is -4.05. The first kappa shape index (κ1) is 25.6. The second-order valence-electron chi connectivity index (χ2n) is 10.4. The van der Waals surface area contributed by atoms with Gasteiger partial charge in [-0.2, -0.15) is 10.2 Å². The van der Waals surface area contributed by atoms with Crippen molar-refractivity contribution in [1.82, 2.24) is 24.9 Å². The maximum Gasteiger partial charge on any atom is 0.287 e. The number of allylic oxidation sites excluding steroid dienone is 3. The van der Waals surface area contributed by atoms with Crippen LogP contribution in [0.15, 0.2) is 58.4 Å². The van der Waals surface area contributed by atoms with E-state index in [0.717, 1.165) is 31.7 Å². The Morgan fingerprint density at radius 3 is 2.74 bits per heavy atom. The van der Waals surface area contributed by atoms with Crippen LogP contribution >= 0.6 is 0 Å². The number of halogens is 1. The molecule has 38 heavy (non-hydrogen) atoms. The fraction of sp³-hybridized carbons (Fsp3) is 0.357. The van der Waals surface area contributed by atoms with Gasteiger partial charge >= 0.3 is 0 Å². The van der Waals surface area contributed by atoms with E-state index in [4.69, 9.17) is 0 Å². The highest BCUT2D eigenvalue weighted by atomic mass is 19.1. The summed E-state index contributed by atoms with van der Waals surface area (Å²) in [6.45, 7) is 8.73. The summed E-state index contributed by atoms with van der Waals surface area (Å²) in [5.41, 5.74) is 3.83. The summed E-state index contributed by atoms with van der Waals surface area (Å²) in [7, 11) is 2.05. The number of nitrogens with one attached hydrogen (secondary N) is 3. The van der Waals surface area contributed by atoms with Crippen molar-refractivity contribution < 1.29 is 9.18 Å². The van der Waals surface area contributed by atoms with E-state index < -0.39 is 11.4 Å². The summed E-state index contributed by atoms with van der Waals surface area (Å²) in [4.78, 5) is 27.7. The number of nitrogens with zero attached hydrogens (tertiary/aromatic N) is 4. The zero-order chi connectivity index (χ0) is 27.0. The van der Waals surface area contributed by atoms with Crippen molar-refractivity contribution in [3.8, 4) is 11.3 Å². The first-order chi connectivity index (χ1) is 18.2. The van der Waals surface area contributed by atoms with Gasteiger partial charge in [0.1, 0.15) is 11.5 Å². The van der Waals surface area contributed by atoms with Crippen LogP contribution < -0.4 is 16.2 Å². The van der Waals surface area contributed by atoms with Gasteiger partial charge in [-0.25, -0.2) is 9.49 Å². The highest BCUT2D eigenvalue weighted by Crippen LogP contribution is 2.31. The fourth-order valence-corrected chi connectivity index (χ4v) is 4.84. The summed E-state index contributed by atoms with van der Waals surface area (Å²) in [6, 6.07) is 7.86. The first-order valence-corrected chi connectivity index (χ1v) is 12.8. The Balaban J connectivity index is 1.37. The zero-order valence-electron chi connectivity index (χ0n) is 22.0. The van der Waals surface area contributed by atoms with E-state index in [1.54, 1.807) is 12.1 Å². The summed E-state index contributed by atoms with van der Waals surface area (Å²) in [6.07, 6.45) is 4.61. The summed E-state index contributed by atoms with van der Waals surface area (Å²) < 4.78 is 16.6. The molecule has 0 saturated carbocycles. The number of amides is 1. The standard InChI is InChI=1S/C28H32FN7O2/c1-16(2)18-5-7-21(17(3)11-18)27(37)31-24-12-19(6-8-22(24)29)23-14-25(28(38)33-32-23)30-26-13-20-15-35(4)9-10-36(20)34-26/h5-8,12-14,16-17H,9-11,15H2,1-4H3,(H,31,37)(H,33,38)(H,30,32,34). The second-order valence-corrected chi connectivity index (χ2v) is 10.4. The summed E-state index contributed by atoms with van der Waals surface area (Å²) in [5.74, 6) is 0.124. The predicted octanol–water partition coefficient (Wildman–Crippen LogP) is 4.45. The molecular formula is C28H32FN7O2. The van der Waals surface area contributed by atoms with Crippen LogP contribution in [-0.2, 0) is 17.9 Å². The van der Waals surface area contributed by atoms with Gasteiger partial charge in [0.2, 0.25) is 0 Å². The molecule has 9 nitrogen and oxygen atoms in total. The molecule has 0 saturated heterocycles. The van der Waals surface area contributed by atoms with Crippen LogP contribution in [0, 0.1) is 17.7 Å². The lowest BCUT2D eigenvalue weighted by Gasteiger charge is -2.23. The van der Waals surface area contributed by atoms with Gasteiger partial charge in [-0.05, 0) is 49.6 Å². The number of aromatic amines is 1. The minimum atomic E-state index is -0.555. The van der Waals surface area contributed by atoms with Crippen molar-refractivity contribution in [2.75, 3.05) is 24.2 Å². The Labute approximate surface area is 220 Å². The van der Waals surface area contributed by atoms with Crippen LogP contribution in [0.25, 0.3) is 11.3 Å². The molecule has 1 unspecified atom stereocenters. The Morgan fingerprint density at radius 1 is 1.16 bits per heavy atom. The number of anilines is 3. The minimum Gasteiger partial charge on any atom is -0.334 e. The van der Waals surface area contributed by atoms with Crippen LogP contribution in [-0.4, -0.2) is 44.4 Å². The molecule has 2 aliphatic rings. The smallest absolute Gasteiger partial charge is 0.287 e. The topological polar surface area (TPSA) is 108 Å². The molecule has 10 heteroatoms. The third-order valence-electron chi connectivity index (χ3n) is 7.12. The number of carbonyl (C=O) groups excluding carboxylic acids is 1. The highest BCUT2D eigenvalue weighted by Gasteiger charge is 2.23. The maximum absolute atomic E-state index is 14.7. The number of fused-ring (bicyclic) bond motifs is 1. The molecule has 198 valence electrons. The van der Waals surface area contributed by atoms with Crippen molar-refractivity contribution in [2.24, 2.45) is 11.8 Å². The third kappa shape index (κ3) is 5.31. The molecule has 1 aliphatic carbocycles. The lowest BCUT2D eigenvalue weighted by atomic mass is 9.84. The quantitative estimate of drug-likeness (QED) is 0.446. The van der Waals surface area contributed by atoms with E-state index in [-0.39, 0.29) is 23.2 Å². The van der Waals surface area contributed by atoms with E-state index in [0.29, 0.717) is 28.6 Å². The summed E-state index contributed by atoms with van der Waals surface area (Å²) >= 11 is 0. The van der Waals surface area contributed by atoms with E-state index in [1.165, 1.54) is 17.7 Å². The van der Waals surface area contributed by atoms with Gasteiger partial charge in [0.15, 0.2) is 5.82 Å². The number of benzene rings is 1. The molecule has 0 fully saturated rings. The van der Waals surface area contributed by atoms with Crippen molar-refractivity contribution in [3.63, 3.8) is 0 Å². The minimum absolute atomic E-state index is 0.0344. The molecule has 0 spiro atoms. The normalized spacial score (nSPS) is 17.6. The molecule has 3 heterocycles. The van der Waals surface area contributed by atoms with Crippen LogP contribution in [0.4, 0.5) is 21.6 Å². The number of hydrogen-bond donors (Lipinski definition) is 3. The first-order valence-electron chi connectivity index (χ1n) is 12.8. The average Bonchev–Trinajstić information content (AvgIpc) is 3.28. The van der Waals surface area contributed by atoms with Gasteiger partial charge in [0.05, 0.1) is 23.6 Å². The molecule has 1 atom stereocenters. The number of aromatic nitrogens is 4. The number of H-pyrrole nitrogens is 1. The Morgan fingerprint density at radius 2 is 1.97 bits per heavy atom. The van der Waals surface area contributed by atoms with Gasteiger partial charge in [0.25, 0.3) is 11.5 Å². The zero-order valence-corrected chi connectivity index (χ0v) is 22.0. The predicted molar refractivity (Wildman–Crippen MR) is 146 cm³/mol. The van der Waals surface area contributed by atoms with Gasteiger partial charge in [-0.1, -0.05) is 38.5 Å². The SMILES string of the molecule is CC(C)C1=CC=C(C(=O)Nc2cc(-c3cc(Nc4cc5n(n4)CCN(C)C5)c(=O)[nH]n3)ccc2F)C(C)C1. The molecule has 2 aromatic heterocycles. The third-order valence-corrected chi connectivity index (χ3v) is 7.12. The van der Waals surface area contributed by atoms with E-state index in [9.17, 15) is 14.0 Å². The number of carbonyl (C=O) groups is 1. The molecule has 0 radical (unpaired) electrons. The maximum atomic E-state index is 14.7. The molecular weight excluding hydrogens is 485 g/mol. The molecule has 1 amide bonds.